The summed E-state index contributed by atoms with van der Waals surface area (Å²) in [5.74, 6) is 0.0870. The molecular weight excluding hydrogens is 445 g/mol. The van der Waals surface area contributed by atoms with E-state index in [1.54, 1.807) is 18.2 Å². The molecule has 0 spiro atoms. The number of piperazine rings is 1. The molecule has 1 aromatic heterocycles. The van der Waals surface area contributed by atoms with E-state index in [0.717, 1.165) is 43.0 Å². The van der Waals surface area contributed by atoms with E-state index in [1.165, 1.54) is 17.8 Å². The average Bonchev–Trinajstić information content (AvgIpc) is 2.84. The van der Waals surface area contributed by atoms with E-state index < -0.39 is 6.36 Å². The lowest BCUT2D eigenvalue weighted by molar-refractivity contribution is -0.274. The third-order valence-electron chi connectivity index (χ3n) is 5.48. The van der Waals surface area contributed by atoms with Gasteiger partial charge in [0.05, 0.1) is 5.52 Å². The van der Waals surface area contributed by atoms with Crippen molar-refractivity contribution in [3.8, 4) is 16.9 Å². The number of anilines is 3. The highest BCUT2D eigenvalue weighted by Gasteiger charge is 2.31. The van der Waals surface area contributed by atoms with Crippen LogP contribution in [0.4, 0.5) is 30.5 Å². The fourth-order valence-electron chi connectivity index (χ4n) is 3.82. The summed E-state index contributed by atoms with van der Waals surface area (Å²) in [4.78, 5) is 6.89. The maximum Gasteiger partial charge on any atom is 0.573 e. The van der Waals surface area contributed by atoms with E-state index in [-0.39, 0.29) is 5.75 Å². The van der Waals surface area contributed by atoms with Crippen LogP contribution in [0.25, 0.3) is 22.2 Å². The van der Waals surface area contributed by atoms with Crippen molar-refractivity contribution in [3.05, 3.63) is 66.7 Å². The molecule has 0 atom stereocenters. The fraction of sp³-hybridized carbons (Fsp3) is 0.208. The van der Waals surface area contributed by atoms with Crippen LogP contribution in [0.2, 0.25) is 0 Å². The van der Waals surface area contributed by atoms with Gasteiger partial charge in [-0.3, -0.25) is 0 Å². The standard InChI is InChI=1S/C24H21F3N6O/c25-24(26,27)34-20-8-1-16(2-9-20)17-3-10-21-22(15-17)30-23(32-31-21)29-18-4-6-19(7-5-18)33-13-11-28-12-14-33/h1-10,15,28H,11-14H2,(H,29,30,32). The predicted molar refractivity (Wildman–Crippen MR) is 124 cm³/mol. The lowest BCUT2D eigenvalue weighted by atomic mass is 10.1. The molecule has 0 bridgehead atoms. The average molecular weight is 466 g/mol. The van der Waals surface area contributed by atoms with Crippen molar-refractivity contribution in [3.63, 3.8) is 0 Å². The van der Waals surface area contributed by atoms with Gasteiger partial charge >= 0.3 is 6.36 Å². The van der Waals surface area contributed by atoms with Crippen LogP contribution in [0.1, 0.15) is 0 Å². The molecule has 1 fully saturated rings. The summed E-state index contributed by atoms with van der Waals surface area (Å²) < 4.78 is 41.1. The third kappa shape index (κ3) is 5.18. The summed E-state index contributed by atoms with van der Waals surface area (Å²) in [6.07, 6.45) is -4.72. The first-order valence-electron chi connectivity index (χ1n) is 10.8. The van der Waals surface area contributed by atoms with Gasteiger partial charge in [-0.2, -0.15) is 0 Å². The zero-order valence-electron chi connectivity index (χ0n) is 18.0. The minimum Gasteiger partial charge on any atom is -0.406 e. The molecule has 4 aromatic rings. The van der Waals surface area contributed by atoms with Crippen molar-refractivity contribution in [2.75, 3.05) is 36.4 Å². The Kier molecular flexibility index (Phi) is 5.89. The second-order valence-corrected chi connectivity index (χ2v) is 7.82. The van der Waals surface area contributed by atoms with Crippen molar-refractivity contribution >= 4 is 28.4 Å². The van der Waals surface area contributed by atoms with Crippen LogP contribution < -0.4 is 20.3 Å². The molecule has 0 aliphatic carbocycles. The van der Waals surface area contributed by atoms with E-state index in [0.29, 0.717) is 17.0 Å². The van der Waals surface area contributed by atoms with Crippen LogP contribution >= 0.6 is 0 Å². The highest BCUT2D eigenvalue weighted by molar-refractivity contribution is 5.82. The zero-order chi connectivity index (χ0) is 23.5. The smallest absolute Gasteiger partial charge is 0.406 e. The summed E-state index contributed by atoms with van der Waals surface area (Å²) in [6.45, 7) is 3.91. The normalized spacial score (nSPS) is 14.3. The summed E-state index contributed by atoms with van der Waals surface area (Å²) in [6, 6.07) is 19.2. The molecule has 5 rings (SSSR count). The van der Waals surface area contributed by atoms with E-state index in [9.17, 15) is 13.2 Å². The Bertz CT molecular complexity index is 1270. The predicted octanol–water partition coefficient (Wildman–Crippen LogP) is 4.74. The second kappa shape index (κ2) is 9.14. The maximum absolute atomic E-state index is 12.4. The number of aromatic nitrogens is 3. The van der Waals surface area contributed by atoms with Crippen LogP contribution in [0.15, 0.2) is 66.7 Å². The van der Waals surface area contributed by atoms with Gasteiger partial charge in [-0.15, -0.1) is 23.4 Å². The topological polar surface area (TPSA) is 75.2 Å². The molecule has 3 aromatic carbocycles. The highest BCUT2D eigenvalue weighted by atomic mass is 19.4. The molecule has 0 amide bonds. The Hall–Kier alpha value is -3.92. The number of benzene rings is 3. The lowest BCUT2D eigenvalue weighted by Crippen LogP contribution is -2.43. The van der Waals surface area contributed by atoms with E-state index >= 15 is 0 Å². The number of nitrogens with one attached hydrogen (secondary N) is 2. The van der Waals surface area contributed by atoms with Gasteiger partial charge in [-0.25, -0.2) is 4.98 Å². The first-order valence-corrected chi connectivity index (χ1v) is 10.8. The van der Waals surface area contributed by atoms with Crippen LogP contribution in [-0.4, -0.2) is 47.7 Å². The first kappa shape index (κ1) is 21.9. The van der Waals surface area contributed by atoms with Crippen molar-refractivity contribution < 1.29 is 17.9 Å². The Labute approximate surface area is 193 Å². The van der Waals surface area contributed by atoms with Gasteiger partial charge in [0.2, 0.25) is 5.95 Å². The number of nitrogens with zero attached hydrogens (tertiary/aromatic N) is 4. The van der Waals surface area contributed by atoms with Gasteiger partial charge in [0.1, 0.15) is 11.3 Å². The molecule has 34 heavy (non-hydrogen) atoms. The number of rotatable bonds is 5. The van der Waals surface area contributed by atoms with Crippen molar-refractivity contribution in [2.45, 2.75) is 6.36 Å². The minimum atomic E-state index is -4.72. The lowest BCUT2D eigenvalue weighted by Gasteiger charge is -2.29. The summed E-state index contributed by atoms with van der Waals surface area (Å²) in [5.41, 5.74) is 4.76. The Morgan fingerprint density at radius 1 is 0.824 bits per heavy atom. The minimum absolute atomic E-state index is 0.268. The number of hydrogen-bond donors (Lipinski definition) is 2. The van der Waals surface area contributed by atoms with Crippen LogP contribution in [0.5, 0.6) is 5.75 Å². The molecule has 2 heterocycles. The highest BCUT2D eigenvalue weighted by Crippen LogP contribution is 2.28. The SMILES string of the molecule is FC(F)(F)Oc1ccc(-c2ccc3nnc(Nc4ccc(N5CCNCC5)cc4)nc3c2)cc1. The first-order chi connectivity index (χ1) is 16.4. The van der Waals surface area contributed by atoms with Crippen LogP contribution in [-0.2, 0) is 0 Å². The molecule has 1 aliphatic heterocycles. The third-order valence-corrected chi connectivity index (χ3v) is 5.48. The molecule has 174 valence electrons. The second-order valence-electron chi connectivity index (χ2n) is 7.82. The molecule has 1 aliphatic rings. The summed E-state index contributed by atoms with van der Waals surface area (Å²) in [7, 11) is 0. The van der Waals surface area contributed by atoms with Gasteiger partial charge < -0.3 is 20.3 Å². The van der Waals surface area contributed by atoms with Gasteiger partial charge in [0.15, 0.2) is 0 Å². The van der Waals surface area contributed by atoms with Gasteiger partial charge in [0.25, 0.3) is 0 Å². The Morgan fingerprint density at radius 3 is 2.24 bits per heavy atom. The summed E-state index contributed by atoms with van der Waals surface area (Å²) in [5, 5.41) is 14.9. The molecule has 0 unspecified atom stereocenters. The number of alkyl halides is 3. The van der Waals surface area contributed by atoms with Crippen molar-refractivity contribution in [1.82, 2.24) is 20.5 Å². The Morgan fingerprint density at radius 2 is 1.53 bits per heavy atom. The monoisotopic (exact) mass is 466 g/mol. The van der Waals surface area contributed by atoms with E-state index in [1.807, 2.05) is 24.3 Å². The van der Waals surface area contributed by atoms with E-state index in [2.05, 4.69) is 47.6 Å². The van der Waals surface area contributed by atoms with Crippen LogP contribution in [0.3, 0.4) is 0 Å². The maximum atomic E-state index is 12.4. The number of hydrogen-bond acceptors (Lipinski definition) is 7. The fourth-order valence-corrected chi connectivity index (χ4v) is 3.82. The largest absolute Gasteiger partial charge is 0.573 e. The number of halogens is 3. The Balaban J connectivity index is 1.33. The number of ether oxygens (including phenoxy) is 1. The molecule has 2 N–H and O–H groups in total. The van der Waals surface area contributed by atoms with Gasteiger partial charge in [-0.1, -0.05) is 18.2 Å². The summed E-state index contributed by atoms with van der Waals surface area (Å²) >= 11 is 0. The molecule has 10 heteroatoms. The molecule has 7 nitrogen and oxygen atoms in total. The molecular formula is C24H21F3N6O. The van der Waals surface area contributed by atoms with Crippen molar-refractivity contribution in [2.24, 2.45) is 0 Å². The van der Waals surface area contributed by atoms with Gasteiger partial charge in [-0.05, 0) is 59.7 Å². The molecule has 0 radical (unpaired) electrons. The van der Waals surface area contributed by atoms with Crippen LogP contribution in [0, 0.1) is 0 Å². The zero-order valence-corrected chi connectivity index (χ0v) is 18.0. The quantitative estimate of drug-likeness (QED) is 0.440. The molecule has 0 saturated carbocycles. The molecule has 1 saturated heterocycles. The van der Waals surface area contributed by atoms with Gasteiger partial charge in [0, 0.05) is 37.6 Å². The van der Waals surface area contributed by atoms with E-state index in [4.69, 9.17) is 0 Å². The number of fused-ring (bicyclic) bond motifs is 1. The van der Waals surface area contributed by atoms with Crippen molar-refractivity contribution in [1.29, 1.82) is 0 Å².